The lowest BCUT2D eigenvalue weighted by Crippen LogP contribution is -2.24. The Balaban J connectivity index is 2.33. The third-order valence-electron chi connectivity index (χ3n) is 4.00. The van der Waals surface area contributed by atoms with Gasteiger partial charge in [0.25, 0.3) is 0 Å². The molecule has 0 fully saturated rings. The number of benzene rings is 2. The first-order chi connectivity index (χ1) is 10.2. The van der Waals surface area contributed by atoms with Crippen molar-refractivity contribution in [1.29, 1.82) is 5.26 Å². The maximum atomic E-state index is 9.24. The molecule has 1 nitrogen and oxygen atoms in total. The molecule has 0 aliphatic heterocycles. The van der Waals surface area contributed by atoms with Gasteiger partial charge in [-0.25, -0.2) is 0 Å². The van der Waals surface area contributed by atoms with E-state index in [-0.39, 0.29) is 5.41 Å². The summed E-state index contributed by atoms with van der Waals surface area (Å²) < 4.78 is 0. The number of hydrogen-bond acceptors (Lipinski definition) is 1. The van der Waals surface area contributed by atoms with E-state index >= 15 is 0 Å². The van der Waals surface area contributed by atoms with E-state index in [1.807, 2.05) is 24.3 Å². The van der Waals surface area contributed by atoms with Gasteiger partial charge in [0.2, 0.25) is 0 Å². The third kappa shape index (κ3) is 3.77. The Morgan fingerprint density at radius 3 is 2.00 bits per heavy atom. The predicted molar refractivity (Wildman–Crippen MR) is 93.7 cm³/mol. The molecule has 0 amide bonds. The molecule has 0 spiro atoms. The van der Waals surface area contributed by atoms with Gasteiger partial charge >= 0.3 is 0 Å². The molecule has 114 valence electrons. The standard InChI is InChI=1S/C21H25N/c1-20(2,3)15-21(4,5)18-12-10-16(11-13-18)19-9-7-6-8-17(19)14-22/h6-13H,15H2,1-5H3. The van der Waals surface area contributed by atoms with E-state index in [1.165, 1.54) is 5.56 Å². The summed E-state index contributed by atoms with van der Waals surface area (Å²) in [5.41, 5.74) is 4.63. The van der Waals surface area contributed by atoms with Crippen molar-refractivity contribution < 1.29 is 0 Å². The highest BCUT2D eigenvalue weighted by molar-refractivity contribution is 5.70. The van der Waals surface area contributed by atoms with Crippen molar-refractivity contribution in [3.8, 4) is 17.2 Å². The minimum Gasteiger partial charge on any atom is -0.192 e. The average Bonchev–Trinajstić information content (AvgIpc) is 2.45. The van der Waals surface area contributed by atoms with Crippen molar-refractivity contribution in [2.24, 2.45) is 5.41 Å². The predicted octanol–water partition coefficient (Wildman–Crippen LogP) is 5.94. The topological polar surface area (TPSA) is 23.8 Å². The summed E-state index contributed by atoms with van der Waals surface area (Å²) in [5.74, 6) is 0. The summed E-state index contributed by atoms with van der Waals surface area (Å²) >= 11 is 0. The molecule has 2 aromatic rings. The van der Waals surface area contributed by atoms with Crippen LogP contribution >= 0.6 is 0 Å². The van der Waals surface area contributed by atoms with E-state index < -0.39 is 0 Å². The smallest absolute Gasteiger partial charge is 0.0998 e. The molecule has 0 saturated heterocycles. The third-order valence-corrected chi connectivity index (χ3v) is 4.00. The summed E-state index contributed by atoms with van der Waals surface area (Å²) in [6, 6.07) is 18.7. The fourth-order valence-corrected chi connectivity index (χ4v) is 3.36. The molecule has 0 aliphatic rings. The Kier molecular flexibility index (Phi) is 4.42. The Morgan fingerprint density at radius 2 is 1.45 bits per heavy atom. The van der Waals surface area contributed by atoms with E-state index in [2.05, 4.69) is 65.0 Å². The minimum absolute atomic E-state index is 0.144. The first kappa shape index (κ1) is 16.3. The van der Waals surface area contributed by atoms with Gasteiger partial charge < -0.3 is 0 Å². The van der Waals surface area contributed by atoms with Gasteiger partial charge in [0.05, 0.1) is 11.6 Å². The van der Waals surface area contributed by atoms with Gasteiger partial charge in [0.1, 0.15) is 0 Å². The van der Waals surface area contributed by atoms with Crippen molar-refractivity contribution in [2.45, 2.75) is 46.5 Å². The van der Waals surface area contributed by atoms with Gasteiger partial charge in [-0.3, -0.25) is 0 Å². The molecule has 0 N–H and O–H groups in total. The first-order valence-corrected chi connectivity index (χ1v) is 7.83. The van der Waals surface area contributed by atoms with Gasteiger partial charge in [-0.15, -0.1) is 0 Å². The van der Waals surface area contributed by atoms with Gasteiger partial charge in [0.15, 0.2) is 0 Å². The van der Waals surface area contributed by atoms with Crippen LogP contribution in [0.5, 0.6) is 0 Å². The molecule has 1 heteroatoms. The quantitative estimate of drug-likeness (QED) is 0.686. The number of rotatable bonds is 3. The summed E-state index contributed by atoms with van der Waals surface area (Å²) in [7, 11) is 0. The second-order valence-corrected chi connectivity index (χ2v) is 7.86. The molecule has 0 atom stereocenters. The first-order valence-electron chi connectivity index (χ1n) is 7.83. The monoisotopic (exact) mass is 291 g/mol. The van der Waals surface area contributed by atoms with Crippen LogP contribution in [-0.2, 0) is 5.41 Å². The van der Waals surface area contributed by atoms with Crippen LogP contribution in [0.2, 0.25) is 0 Å². The Morgan fingerprint density at radius 1 is 0.864 bits per heavy atom. The molecule has 0 unspecified atom stereocenters. The molecule has 0 saturated carbocycles. The lowest BCUT2D eigenvalue weighted by Gasteiger charge is -2.33. The zero-order valence-corrected chi connectivity index (χ0v) is 14.3. The molecular formula is C21H25N. The Hall–Kier alpha value is -2.07. The van der Waals surface area contributed by atoms with Crippen LogP contribution < -0.4 is 0 Å². The van der Waals surface area contributed by atoms with E-state index in [0.717, 1.165) is 23.1 Å². The Labute approximate surface area is 134 Å². The van der Waals surface area contributed by atoms with Crippen molar-refractivity contribution in [3.63, 3.8) is 0 Å². The highest BCUT2D eigenvalue weighted by atomic mass is 14.3. The largest absolute Gasteiger partial charge is 0.192 e. The molecule has 0 aromatic heterocycles. The van der Waals surface area contributed by atoms with E-state index in [1.54, 1.807) is 0 Å². The second kappa shape index (κ2) is 5.97. The van der Waals surface area contributed by atoms with Crippen LogP contribution in [0, 0.1) is 16.7 Å². The highest BCUT2D eigenvalue weighted by Gasteiger charge is 2.27. The molecule has 0 radical (unpaired) electrons. The zero-order valence-electron chi connectivity index (χ0n) is 14.3. The normalized spacial score (nSPS) is 12.0. The molecular weight excluding hydrogens is 266 g/mol. The van der Waals surface area contributed by atoms with Gasteiger partial charge in [-0.2, -0.15) is 5.26 Å². The molecule has 0 aliphatic carbocycles. The van der Waals surface area contributed by atoms with Crippen LogP contribution in [0.3, 0.4) is 0 Å². The Bertz CT molecular complexity index is 679. The lowest BCUT2D eigenvalue weighted by atomic mass is 9.72. The summed E-state index contributed by atoms with van der Waals surface area (Å²) in [5, 5.41) is 9.24. The molecule has 22 heavy (non-hydrogen) atoms. The minimum atomic E-state index is 0.144. The maximum Gasteiger partial charge on any atom is 0.0998 e. The van der Waals surface area contributed by atoms with Crippen LogP contribution in [-0.4, -0.2) is 0 Å². The summed E-state index contributed by atoms with van der Waals surface area (Å²) in [4.78, 5) is 0. The number of nitriles is 1. The highest BCUT2D eigenvalue weighted by Crippen LogP contribution is 2.37. The summed E-state index contributed by atoms with van der Waals surface area (Å²) in [6.07, 6.45) is 1.13. The van der Waals surface area contributed by atoms with Crippen molar-refractivity contribution in [3.05, 3.63) is 59.7 Å². The molecule has 0 bridgehead atoms. The van der Waals surface area contributed by atoms with Crippen molar-refractivity contribution in [1.82, 2.24) is 0 Å². The SMILES string of the molecule is CC(C)(C)CC(C)(C)c1ccc(-c2ccccc2C#N)cc1. The molecule has 0 heterocycles. The van der Waals surface area contributed by atoms with Crippen molar-refractivity contribution >= 4 is 0 Å². The zero-order chi connectivity index (χ0) is 16.4. The van der Waals surface area contributed by atoms with E-state index in [0.29, 0.717) is 5.41 Å². The summed E-state index contributed by atoms with van der Waals surface area (Å²) in [6.45, 7) is 11.5. The van der Waals surface area contributed by atoms with E-state index in [9.17, 15) is 5.26 Å². The molecule has 2 aromatic carbocycles. The second-order valence-electron chi connectivity index (χ2n) is 7.86. The van der Waals surface area contributed by atoms with Gasteiger partial charge in [0, 0.05) is 0 Å². The van der Waals surface area contributed by atoms with Gasteiger partial charge in [-0.1, -0.05) is 77.1 Å². The van der Waals surface area contributed by atoms with Crippen molar-refractivity contribution in [2.75, 3.05) is 0 Å². The lowest BCUT2D eigenvalue weighted by molar-refractivity contribution is 0.284. The van der Waals surface area contributed by atoms with Crippen LogP contribution in [0.4, 0.5) is 0 Å². The maximum absolute atomic E-state index is 9.24. The van der Waals surface area contributed by atoms with Crippen LogP contribution in [0.15, 0.2) is 48.5 Å². The fourth-order valence-electron chi connectivity index (χ4n) is 3.36. The fraction of sp³-hybridized carbons (Fsp3) is 0.381. The van der Waals surface area contributed by atoms with E-state index in [4.69, 9.17) is 0 Å². The van der Waals surface area contributed by atoms with Crippen LogP contribution in [0.25, 0.3) is 11.1 Å². The molecule has 2 rings (SSSR count). The average molecular weight is 291 g/mol. The number of hydrogen-bond donors (Lipinski definition) is 0. The number of nitrogens with zero attached hydrogens (tertiary/aromatic N) is 1. The van der Waals surface area contributed by atoms with Crippen LogP contribution in [0.1, 0.15) is 52.2 Å². The van der Waals surface area contributed by atoms with Gasteiger partial charge in [-0.05, 0) is 40.0 Å².